The Bertz CT molecular complexity index is 958. The van der Waals surface area contributed by atoms with Crippen LogP contribution in [0.2, 0.25) is 0 Å². The van der Waals surface area contributed by atoms with E-state index in [4.69, 9.17) is 4.74 Å². The summed E-state index contributed by atoms with van der Waals surface area (Å²) >= 11 is 0. The number of aliphatic hydroxyl groups excluding tert-OH is 1. The Hall–Kier alpha value is -1.50. The molecule has 0 aromatic rings. The summed E-state index contributed by atoms with van der Waals surface area (Å²) < 4.78 is 6.34. The van der Waals surface area contributed by atoms with Gasteiger partial charge in [-0.25, -0.2) is 0 Å². The first-order chi connectivity index (χ1) is 15.9. The minimum Gasteiger partial charge on any atom is -0.458 e. The van der Waals surface area contributed by atoms with Crippen LogP contribution >= 0.6 is 0 Å². The van der Waals surface area contributed by atoms with Gasteiger partial charge in [-0.2, -0.15) is 0 Å². The van der Waals surface area contributed by atoms with Crippen molar-refractivity contribution in [1.29, 1.82) is 0 Å². The van der Waals surface area contributed by atoms with Gasteiger partial charge in [-0.3, -0.25) is 9.59 Å². The van der Waals surface area contributed by atoms with Gasteiger partial charge in [0, 0.05) is 36.0 Å². The highest BCUT2D eigenvalue weighted by Crippen LogP contribution is 2.76. The molecule has 0 saturated heterocycles. The predicted molar refractivity (Wildman–Crippen MR) is 126 cm³/mol. The van der Waals surface area contributed by atoms with Gasteiger partial charge in [0.05, 0.1) is 12.2 Å². The molecule has 0 radical (unpaired) electrons. The number of hydrogen-bond acceptors (Lipinski definition) is 6. The first kappa shape index (κ1) is 24.2. The minimum atomic E-state index is -1.76. The lowest BCUT2D eigenvalue weighted by molar-refractivity contribution is -0.187. The molecule has 3 fully saturated rings. The Morgan fingerprint density at radius 2 is 1.82 bits per heavy atom. The smallest absolute Gasteiger partial charge is 0.306 e. The van der Waals surface area contributed by atoms with Crippen molar-refractivity contribution in [1.82, 2.24) is 0 Å². The molecule has 0 heterocycles. The Balaban J connectivity index is 1.50. The Kier molecular flexibility index (Phi) is 5.52. The number of carbonyl (C=O) groups excluding carboxylic acids is 2. The summed E-state index contributed by atoms with van der Waals surface area (Å²) in [5.74, 6) is -1.80. The summed E-state index contributed by atoms with van der Waals surface area (Å²) in [4.78, 5) is 26.1. The Morgan fingerprint density at radius 1 is 1.15 bits per heavy atom. The number of hydrogen-bond donors (Lipinski definition) is 3. The highest BCUT2D eigenvalue weighted by atomic mass is 16.6. The summed E-state index contributed by atoms with van der Waals surface area (Å²) in [6.45, 7) is 7.52. The summed E-state index contributed by atoms with van der Waals surface area (Å²) in [6, 6.07) is 0. The van der Waals surface area contributed by atoms with Crippen LogP contribution in [-0.4, -0.2) is 50.5 Å². The zero-order valence-electron chi connectivity index (χ0n) is 21.0. The number of aliphatic hydroxyl groups is 3. The van der Waals surface area contributed by atoms with Gasteiger partial charge in [0.25, 0.3) is 0 Å². The van der Waals surface area contributed by atoms with Gasteiger partial charge in [0.2, 0.25) is 0 Å². The molecule has 34 heavy (non-hydrogen) atoms. The normalized spacial score (nSPS) is 45.3. The third-order valence-corrected chi connectivity index (χ3v) is 10.4. The largest absolute Gasteiger partial charge is 0.458 e. The number of fused-ring (bicyclic) bond motifs is 5. The molecule has 0 unspecified atom stereocenters. The highest BCUT2D eigenvalue weighted by molar-refractivity contribution is 6.04. The van der Waals surface area contributed by atoms with E-state index in [1.54, 1.807) is 13.0 Å². The molecule has 5 aliphatic rings. The predicted octanol–water partition coefficient (Wildman–Crippen LogP) is 3.48. The van der Waals surface area contributed by atoms with Crippen molar-refractivity contribution in [2.24, 2.45) is 35.0 Å². The highest BCUT2D eigenvalue weighted by Gasteiger charge is 2.83. The lowest BCUT2D eigenvalue weighted by Gasteiger charge is -2.50. The van der Waals surface area contributed by atoms with E-state index in [1.807, 2.05) is 13.0 Å². The van der Waals surface area contributed by atoms with Crippen LogP contribution < -0.4 is 0 Å². The summed E-state index contributed by atoms with van der Waals surface area (Å²) in [6.07, 6.45) is 10.3. The molecule has 6 heteroatoms. The molecule has 5 aliphatic carbocycles. The molecule has 0 aliphatic heterocycles. The van der Waals surface area contributed by atoms with E-state index in [0.717, 1.165) is 12.8 Å². The summed E-state index contributed by atoms with van der Waals surface area (Å²) in [5.41, 5.74) is -3.17. The van der Waals surface area contributed by atoms with Crippen LogP contribution in [0.3, 0.4) is 0 Å². The SMILES string of the molecule is CC1=C[C@H]2[C@@]3(O)[C@H](C)C[C@]4(OC(=O)CC5CCCCC5)[C@H]([C@@H]3C=C(CO)C[C@]2(O)C1=O)C4(C)C. The van der Waals surface area contributed by atoms with E-state index in [2.05, 4.69) is 13.8 Å². The second-order valence-electron chi connectivity index (χ2n) is 12.5. The lowest BCUT2D eigenvalue weighted by atomic mass is 9.60. The molecule has 6 nitrogen and oxygen atoms in total. The van der Waals surface area contributed by atoms with E-state index in [1.165, 1.54) is 19.3 Å². The van der Waals surface area contributed by atoms with Crippen molar-refractivity contribution in [2.75, 3.05) is 6.61 Å². The molecule has 3 N–H and O–H groups in total. The number of carbonyl (C=O) groups is 2. The topological polar surface area (TPSA) is 104 Å². The molecule has 0 spiro atoms. The molecular weight excluding hydrogens is 432 g/mol. The molecule has 5 rings (SSSR count). The van der Waals surface area contributed by atoms with Gasteiger partial charge in [0.15, 0.2) is 5.78 Å². The van der Waals surface area contributed by atoms with Crippen molar-refractivity contribution < 1.29 is 29.6 Å². The van der Waals surface area contributed by atoms with Crippen LogP contribution in [0, 0.1) is 35.0 Å². The van der Waals surface area contributed by atoms with Crippen molar-refractivity contribution in [3.63, 3.8) is 0 Å². The Morgan fingerprint density at radius 3 is 2.47 bits per heavy atom. The molecule has 0 aromatic heterocycles. The summed E-state index contributed by atoms with van der Waals surface area (Å²) in [7, 11) is 0. The number of esters is 1. The van der Waals surface area contributed by atoms with Crippen LogP contribution in [0.5, 0.6) is 0 Å². The maximum absolute atomic E-state index is 13.1. The van der Waals surface area contributed by atoms with Crippen LogP contribution in [0.1, 0.15) is 79.1 Å². The second kappa shape index (κ2) is 7.75. The van der Waals surface area contributed by atoms with Crippen LogP contribution in [0.25, 0.3) is 0 Å². The van der Waals surface area contributed by atoms with Gasteiger partial charge in [-0.05, 0) is 49.2 Å². The third kappa shape index (κ3) is 3.10. The van der Waals surface area contributed by atoms with Gasteiger partial charge >= 0.3 is 5.97 Å². The molecule has 0 aromatic carbocycles. The van der Waals surface area contributed by atoms with E-state index < -0.39 is 28.6 Å². The molecule has 188 valence electrons. The van der Waals surface area contributed by atoms with Gasteiger partial charge in [-0.1, -0.05) is 52.2 Å². The van der Waals surface area contributed by atoms with Crippen molar-refractivity contribution in [2.45, 2.75) is 95.9 Å². The second-order valence-corrected chi connectivity index (χ2v) is 12.5. The van der Waals surface area contributed by atoms with E-state index >= 15 is 0 Å². The number of ketones is 1. The third-order valence-electron chi connectivity index (χ3n) is 10.4. The van der Waals surface area contributed by atoms with Crippen molar-refractivity contribution in [3.8, 4) is 0 Å². The lowest BCUT2D eigenvalue weighted by Crippen LogP contribution is -2.61. The fraction of sp³-hybridized carbons (Fsp3) is 0.786. The zero-order chi connectivity index (χ0) is 24.7. The minimum absolute atomic E-state index is 0.00792. The molecule has 0 bridgehead atoms. The quantitative estimate of drug-likeness (QED) is 0.428. The molecular formula is C28H40O6. The number of rotatable bonds is 4. The van der Waals surface area contributed by atoms with Crippen LogP contribution in [0.4, 0.5) is 0 Å². The van der Waals surface area contributed by atoms with Crippen molar-refractivity contribution >= 4 is 11.8 Å². The van der Waals surface area contributed by atoms with Gasteiger partial charge in [-0.15, -0.1) is 0 Å². The number of Topliss-reactive ketones (excluding diaryl/α,β-unsaturated/α-hetero) is 1. The average molecular weight is 473 g/mol. The molecule has 7 atom stereocenters. The summed E-state index contributed by atoms with van der Waals surface area (Å²) in [5, 5.41) is 34.0. The van der Waals surface area contributed by atoms with E-state index in [-0.39, 0.29) is 42.0 Å². The molecule has 3 saturated carbocycles. The van der Waals surface area contributed by atoms with Crippen LogP contribution in [0.15, 0.2) is 23.3 Å². The first-order valence-electron chi connectivity index (χ1n) is 13.1. The zero-order valence-corrected chi connectivity index (χ0v) is 21.0. The van der Waals surface area contributed by atoms with Gasteiger partial charge < -0.3 is 20.1 Å². The van der Waals surface area contributed by atoms with Gasteiger partial charge in [0.1, 0.15) is 11.2 Å². The fourth-order valence-corrected chi connectivity index (χ4v) is 8.47. The van der Waals surface area contributed by atoms with Crippen LogP contribution in [-0.2, 0) is 14.3 Å². The maximum atomic E-state index is 13.1. The Labute approximate surface area is 202 Å². The number of ether oxygens (including phenoxy) is 1. The average Bonchev–Trinajstić information content (AvgIpc) is 3.18. The standard InChI is InChI=1S/C28H40O6/c1-16-10-21-26(32,24(16)31)14-19(15-29)11-20-23-25(3,4)27(23,13-17(2)28(20,21)33)34-22(30)12-18-8-6-5-7-9-18/h10-11,17-18,20-21,23,29,32-33H,5-9,12-15H2,1-4H3/t17-,20+,21-,23-,26-,27+,28-/m1/s1. The fourth-order valence-electron chi connectivity index (χ4n) is 8.47. The molecule has 0 amide bonds. The van der Waals surface area contributed by atoms with E-state index in [0.29, 0.717) is 29.9 Å². The maximum Gasteiger partial charge on any atom is 0.306 e. The van der Waals surface area contributed by atoms with E-state index in [9.17, 15) is 24.9 Å². The van der Waals surface area contributed by atoms with Crippen molar-refractivity contribution in [3.05, 3.63) is 23.3 Å². The monoisotopic (exact) mass is 472 g/mol. The first-order valence-corrected chi connectivity index (χ1v) is 13.1.